The van der Waals surface area contributed by atoms with E-state index in [9.17, 15) is 5.11 Å². The van der Waals surface area contributed by atoms with Gasteiger partial charge in [0, 0.05) is 12.4 Å². The third kappa shape index (κ3) is 1.56. The van der Waals surface area contributed by atoms with E-state index in [0.717, 1.165) is 5.56 Å². The van der Waals surface area contributed by atoms with Crippen LogP contribution in [0.4, 0.5) is 0 Å². The Labute approximate surface area is 88.6 Å². The molecule has 4 heteroatoms. The molecule has 0 amide bonds. The fraction of sp³-hybridized carbons (Fsp3) is 0.455. The lowest BCUT2D eigenvalue weighted by atomic mass is 9.89. The molecule has 0 unspecified atom stereocenters. The average Bonchev–Trinajstić information content (AvgIpc) is 2.41. The van der Waals surface area contributed by atoms with Crippen molar-refractivity contribution >= 4 is 5.65 Å². The highest BCUT2D eigenvalue weighted by molar-refractivity contribution is 5.55. The van der Waals surface area contributed by atoms with Crippen molar-refractivity contribution in [3.05, 3.63) is 23.7 Å². The average molecular weight is 205 g/mol. The van der Waals surface area contributed by atoms with Crippen LogP contribution in [0.2, 0.25) is 0 Å². The summed E-state index contributed by atoms with van der Waals surface area (Å²) in [6, 6.07) is 0. The van der Waals surface area contributed by atoms with Crippen molar-refractivity contribution in [3.63, 3.8) is 0 Å². The first-order chi connectivity index (χ1) is 6.89. The fourth-order valence-electron chi connectivity index (χ4n) is 1.42. The van der Waals surface area contributed by atoms with Crippen LogP contribution < -0.4 is 0 Å². The predicted molar refractivity (Wildman–Crippen MR) is 58.1 cm³/mol. The molecule has 0 aliphatic rings. The van der Waals surface area contributed by atoms with Gasteiger partial charge in [-0.25, -0.2) is 9.50 Å². The van der Waals surface area contributed by atoms with Crippen LogP contribution in [-0.4, -0.2) is 19.7 Å². The van der Waals surface area contributed by atoms with Crippen LogP contribution in [0.3, 0.4) is 0 Å². The Hall–Kier alpha value is -1.58. The Morgan fingerprint density at radius 1 is 1.33 bits per heavy atom. The van der Waals surface area contributed by atoms with Crippen LogP contribution >= 0.6 is 0 Å². The monoisotopic (exact) mass is 205 g/mol. The number of nitrogens with zero attached hydrogens (tertiary/aromatic N) is 3. The Balaban J connectivity index is 2.67. The molecule has 0 bridgehead atoms. The van der Waals surface area contributed by atoms with E-state index in [-0.39, 0.29) is 11.2 Å². The Morgan fingerprint density at radius 3 is 2.60 bits per heavy atom. The van der Waals surface area contributed by atoms with Crippen LogP contribution in [0.5, 0.6) is 5.75 Å². The molecule has 2 aromatic heterocycles. The molecule has 0 atom stereocenters. The SMILES string of the molecule is Cc1nn2cc(C(C)(C)C)cnc2c1O. The van der Waals surface area contributed by atoms with Crippen LogP contribution in [0, 0.1) is 6.92 Å². The summed E-state index contributed by atoms with van der Waals surface area (Å²) in [5, 5.41) is 13.8. The topological polar surface area (TPSA) is 50.4 Å². The lowest BCUT2D eigenvalue weighted by Gasteiger charge is -2.17. The molecule has 1 N–H and O–H groups in total. The zero-order valence-electron chi connectivity index (χ0n) is 9.44. The third-order valence-corrected chi connectivity index (χ3v) is 2.48. The zero-order valence-corrected chi connectivity index (χ0v) is 9.44. The second-order valence-corrected chi connectivity index (χ2v) is 4.79. The minimum absolute atomic E-state index is 0.0384. The molecule has 0 aliphatic heterocycles. The maximum absolute atomic E-state index is 9.65. The molecule has 2 aromatic rings. The van der Waals surface area contributed by atoms with Gasteiger partial charge >= 0.3 is 0 Å². The van der Waals surface area contributed by atoms with E-state index in [2.05, 4.69) is 30.9 Å². The molecule has 15 heavy (non-hydrogen) atoms. The number of hydrogen-bond acceptors (Lipinski definition) is 3. The van der Waals surface area contributed by atoms with Gasteiger partial charge in [-0.15, -0.1) is 0 Å². The van der Waals surface area contributed by atoms with Crippen LogP contribution in [0.25, 0.3) is 5.65 Å². The largest absolute Gasteiger partial charge is 0.503 e. The predicted octanol–water partition coefficient (Wildman–Crippen LogP) is 2.04. The maximum atomic E-state index is 9.65. The first-order valence-corrected chi connectivity index (χ1v) is 4.94. The van der Waals surface area contributed by atoms with Gasteiger partial charge in [-0.3, -0.25) is 0 Å². The highest BCUT2D eigenvalue weighted by atomic mass is 16.3. The van der Waals surface area contributed by atoms with Gasteiger partial charge in [0.05, 0.1) is 0 Å². The van der Waals surface area contributed by atoms with Crippen molar-refractivity contribution in [1.82, 2.24) is 14.6 Å². The third-order valence-electron chi connectivity index (χ3n) is 2.48. The lowest BCUT2D eigenvalue weighted by molar-refractivity contribution is 0.475. The molecule has 0 aliphatic carbocycles. The van der Waals surface area contributed by atoms with Crippen molar-refractivity contribution in [1.29, 1.82) is 0 Å². The van der Waals surface area contributed by atoms with Gasteiger partial charge < -0.3 is 5.11 Å². The summed E-state index contributed by atoms with van der Waals surface area (Å²) in [7, 11) is 0. The van der Waals surface area contributed by atoms with Gasteiger partial charge in [0.2, 0.25) is 0 Å². The summed E-state index contributed by atoms with van der Waals surface area (Å²) in [5.41, 5.74) is 2.25. The number of rotatable bonds is 0. The molecule has 0 saturated carbocycles. The van der Waals surface area contributed by atoms with Gasteiger partial charge in [-0.1, -0.05) is 20.8 Å². The van der Waals surface area contributed by atoms with Gasteiger partial charge in [-0.2, -0.15) is 5.10 Å². The number of aromatic hydroxyl groups is 1. The molecule has 4 nitrogen and oxygen atoms in total. The first kappa shape index (κ1) is 9.96. The summed E-state index contributed by atoms with van der Waals surface area (Å²) in [6.07, 6.45) is 3.70. The van der Waals surface area contributed by atoms with Crippen molar-refractivity contribution in [2.45, 2.75) is 33.1 Å². The van der Waals surface area contributed by atoms with E-state index in [1.165, 1.54) is 0 Å². The van der Waals surface area contributed by atoms with Gasteiger partial charge in [0.25, 0.3) is 0 Å². The molecule has 0 spiro atoms. The van der Waals surface area contributed by atoms with Crippen LogP contribution in [0.1, 0.15) is 32.0 Å². The quantitative estimate of drug-likeness (QED) is 0.716. The summed E-state index contributed by atoms with van der Waals surface area (Å²) >= 11 is 0. The zero-order chi connectivity index (χ0) is 11.2. The standard InChI is InChI=1S/C11H15N3O/c1-7-9(15)10-12-5-8(11(2,3)4)6-14(10)13-7/h5-6,15H,1-4H3. The summed E-state index contributed by atoms with van der Waals surface area (Å²) in [6.45, 7) is 8.12. The Kier molecular flexibility index (Phi) is 1.96. The molecular formula is C11H15N3O. The Morgan fingerprint density at radius 2 is 2.00 bits per heavy atom. The number of hydrogen-bond donors (Lipinski definition) is 1. The highest BCUT2D eigenvalue weighted by Gasteiger charge is 2.16. The van der Waals surface area contributed by atoms with Gasteiger partial charge in [0.15, 0.2) is 11.4 Å². The van der Waals surface area contributed by atoms with E-state index in [4.69, 9.17) is 0 Å². The van der Waals surface area contributed by atoms with Crippen molar-refractivity contribution in [2.24, 2.45) is 0 Å². The van der Waals surface area contributed by atoms with E-state index >= 15 is 0 Å². The number of aryl methyl sites for hydroxylation is 1. The minimum Gasteiger partial charge on any atom is -0.503 e. The first-order valence-electron chi connectivity index (χ1n) is 4.94. The van der Waals surface area contributed by atoms with E-state index in [1.807, 2.05) is 6.20 Å². The van der Waals surface area contributed by atoms with E-state index in [0.29, 0.717) is 11.3 Å². The second kappa shape index (κ2) is 2.95. The van der Waals surface area contributed by atoms with Gasteiger partial charge in [0.1, 0.15) is 5.69 Å². The van der Waals surface area contributed by atoms with Crippen molar-refractivity contribution in [3.8, 4) is 5.75 Å². The van der Waals surface area contributed by atoms with Crippen molar-refractivity contribution < 1.29 is 5.11 Å². The number of aromatic nitrogens is 3. The fourth-order valence-corrected chi connectivity index (χ4v) is 1.42. The normalized spacial score (nSPS) is 12.3. The highest BCUT2D eigenvalue weighted by Crippen LogP contribution is 2.25. The molecule has 80 valence electrons. The molecule has 2 heterocycles. The maximum Gasteiger partial charge on any atom is 0.197 e. The van der Waals surface area contributed by atoms with E-state index < -0.39 is 0 Å². The summed E-state index contributed by atoms with van der Waals surface area (Å²) in [4.78, 5) is 4.22. The lowest BCUT2D eigenvalue weighted by Crippen LogP contribution is -2.12. The summed E-state index contributed by atoms with van der Waals surface area (Å²) < 4.78 is 1.63. The minimum atomic E-state index is 0.0384. The van der Waals surface area contributed by atoms with Crippen molar-refractivity contribution in [2.75, 3.05) is 0 Å². The molecule has 0 fully saturated rings. The van der Waals surface area contributed by atoms with Crippen LogP contribution in [-0.2, 0) is 5.41 Å². The van der Waals surface area contributed by atoms with Crippen LogP contribution in [0.15, 0.2) is 12.4 Å². The van der Waals surface area contributed by atoms with E-state index in [1.54, 1.807) is 17.6 Å². The molecule has 0 saturated heterocycles. The smallest absolute Gasteiger partial charge is 0.197 e. The Bertz CT molecular complexity index is 508. The summed E-state index contributed by atoms with van der Waals surface area (Å²) in [5.74, 6) is 0.162. The number of fused-ring (bicyclic) bond motifs is 1. The van der Waals surface area contributed by atoms with Gasteiger partial charge in [-0.05, 0) is 17.9 Å². The molecule has 0 radical (unpaired) electrons. The molecule has 2 rings (SSSR count). The molecular weight excluding hydrogens is 190 g/mol. The molecule has 0 aromatic carbocycles. The second-order valence-electron chi connectivity index (χ2n) is 4.79.